The molecule has 0 fully saturated rings. The fourth-order valence-electron chi connectivity index (χ4n) is 3.47. The first-order valence-electron chi connectivity index (χ1n) is 10.7. The summed E-state index contributed by atoms with van der Waals surface area (Å²) in [5.41, 5.74) is 3.16. The first-order valence-corrected chi connectivity index (χ1v) is 11.5. The Bertz CT molecular complexity index is 1190. The van der Waals surface area contributed by atoms with Crippen molar-refractivity contribution in [2.24, 2.45) is 0 Å². The summed E-state index contributed by atoms with van der Waals surface area (Å²) < 4.78 is 25.6. The van der Waals surface area contributed by atoms with E-state index in [1.54, 1.807) is 18.2 Å². The van der Waals surface area contributed by atoms with Crippen LogP contribution in [0.5, 0.6) is 11.5 Å². The molecule has 0 aliphatic carbocycles. The molecule has 0 amide bonds. The van der Waals surface area contributed by atoms with E-state index in [4.69, 9.17) is 32.7 Å². The smallest absolute Gasteiger partial charge is 0.163 e. The summed E-state index contributed by atoms with van der Waals surface area (Å²) in [6.45, 7) is 3.59. The molecule has 8 heteroatoms. The number of nitrogens with one attached hydrogen (secondary N) is 2. The lowest BCUT2D eigenvalue weighted by Crippen LogP contribution is -2.17. The second-order valence-corrected chi connectivity index (χ2v) is 8.25. The Morgan fingerprint density at radius 1 is 1.00 bits per heavy atom. The minimum atomic E-state index is -0.420. The predicted octanol–water partition coefficient (Wildman–Crippen LogP) is 6.32. The van der Waals surface area contributed by atoms with Crippen molar-refractivity contribution in [1.82, 2.24) is 15.3 Å². The van der Waals surface area contributed by atoms with E-state index in [0.29, 0.717) is 34.7 Å². The van der Waals surface area contributed by atoms with Gasteiger partial charge < -0.3 is 19.8 Å². The minimum Gasteiger partial charge on any atom is -0.490 e. The van der Waals surface area contributed by atoms with Gasteiger partial charge in [-0.15, -0.1) is 0 Å². The largest absolute Gasteiger partial charge is 0.490 e. The lowest BCUT2D eigenvalue weighted by Gasteiger charge is -2.16. The van der Waals surface area contributed by atoms with Crippen molar-refractivity contribution in [3.63, 3.8) is 0 Å². The van der Waals surface area contributed by atoms with Gasteiger partial charge in [0.25, 0.3) is 0 Å². The molecule has 0 aliphatic heterocycles. The van der Waals surface area contributed by atoms with Crippen molar-refractivity contribution < 1.29 is 13.9 Å². The number of fused-ring (bicyclic) bond motifs is 1. The number of halogens is 3. The number of nitrogens with zero attached hydrogens (tertiary/aromatic N) is 1. The molecule has 0 radical (unpaired) electrons. The van der Waals surface area contributed by atoms with Crippen LogP contribution in [0.25, 0.3) is 11.0 Å². The molecular weight excluding hydrogens is 464 g/mol. The minimum absolute atomic E-state index is 0.0307. The highest BCUT2D eigenvalue weighted by Gasteiger charge is 2.14. The number of H-pyrrole nitrogens is 1. The van der Waals surface area contributed by atoms with Gasteiger partial charge in [0.15, 0.2) is 11.5 Å². The average Bonchev–Trinajstić information content (AvgIpc) is 3.21. The first kappa shape index (κ1) is 23.4. The SMILES string of the molecule is CCOc1cc(CNCCc2nc3ccccc3[nH]2)c(Cl)cc1OCc1c(F)cccc1Cl. The van der Waals surface area contributed by atoms with Crippen molar-refractivity contribution in [1.29, 1.82) is 0 Å². The zero-order valence-corrected chi connectivity index (χ0v) is 19.6. The van der Waals surface area contributed by atoms with E-state index >= 15 is 0 Å². The van der Waals surface area contributed by atoms with Crippen molar-refractivity contribution in [3.05, 3.63) is 87.4 Å². The van der Waals surface area contributed by atoms with E-state index in [0.717, 1.165) is 35.4 Å². The molecule has 0 unspecified atom stereocenters. The van der Waals surface area contributed by atoms with Crippen LogP contribution < -0.4 is 14.8 Å². The number of hydrogen-bond acceptors (Lipinski definition) is 4. The number of benzene rings is 3. The van der Waals surface area contributed by atoms with E-state index in [2.05, 4.69) is 15.3 Å². The summed E-state index contributed by atoms with van der Waals surface area (Å²) in [7, 11) is 0. The monoisotopic (exact) mass is 487 g/mol. The van der Waals surface area contributed by atoms with E-state index in [1.807, 2.05) is 37.3 Å². The Hall–Kier alpha value is -2.80. The molecule has 33 heavy (non-hydrogen) atoms. The van der Waals surface area contributed by atoms with Crippen LogP contribution in [-0.4, -0.2) is 23.1 Å². The quantitative estimate of drug-likeness (QED) is 0.257. The number of rotatable bonds is 10. The summed E-state index contributed by atoms with van der Waals surface area (Å²) in [6.07, 6.45) is 0.759. The maximum Gasteiger partial charge on any atom is 0.163 e. The molecule has 1 heterocycles. The van der Waals surface area contributed by atoms with Crippen molar-refractivity contribution in [3.8, 4) is 11.5 Å². The van der Waals surface area contributed by atoms with Crippen LogP contribution in [-0.2, 0) is 19.6 Å². The summed E-state index contributed by atoms with van der Waals surface area (Å²) in [4.78, 5) is 7.91. The molecule has 0 saturated carbocycles. The number of imidazole rings is 1. The van der Waals surface area contributed by atoms with Crippen LogP contribution in [0.2, 0.25) is 10.0 Å². The van der Waals surface area contributed by atoms with Gasteiger partial charge in [0.1, 0.15) is 18.2 Å². The lowest BCUT2D eigenvalue weighted by atomic mass is 10.2. The summed E-state index contributed by atoms with van der Waals surface area (Å²) in [5.74, 6) is 1.49. The van der Waals surface area contributed by atoms with Gasteiger partial charge in [0.2, 0.25) is 0 Å². The normalized spacial score (nSPS) is 11.2. The van der Waals surface area contributed by atoms with Gasteiger partial charge in [-0.3, -0.25) is 0 Å². The molecule has 0 bridgehead atoms. The number of aromatic amines is 1. The van der Waals surface area contributed by atoms with Crippen LogP contribution in [0.1, 0.15) is 23.9 Å². The molecule has 172 valence electrons. The highest BCUT2D eigenvalue weighted by atomic mass is 35.5. The Balaban J connectivity index is 1.39. The first-order chi connectivity index (χ1) is 16.0. The molecule has 0 spiro atoms. The summed E-state index contributed by atoms with van der Waals surface area (Å²) in [5, 5.41) is 4.23. The van der Waals surface area contributed by atoms with Gasteiger partial charge in [-0.05, 0) is 42.8 Å². The van der Waals surface area contributed by atoms with E-state index in [-0.39, 0.29) is 12.2 Å². The Kier molecular flexibility index (Phi) is 7.70. The topological polar surface area (TPSA) is 59.2 Å². The zero-order valence-electron chi connectivity index (χ0n) is 18.1. The maximum atomic E-state index is 14.1. The highest BCUT2D eigenvalue weighted by molar-refractivity contribution is 6.31. The second kappa shape index (κ2) is 10.9. The molecule has 0 atom stereocenters. The molecular formula is C25H24Cl2FN3O2. The Morgan fingerprint density at radius 3 is 2.61 bits per heavy atom. The predicted molar refractivity (Wildman–Crippen MR) is 130 cm³/mol. The van der Waals surface area contributed by atoms with Gasteiger partial charge in [-0.2, -0.15) is 0 Å². The third-order valence-electron chi connectivity index (χ3n) is 5.14. The Morgan fingerprint density at radius 2 is 1.82 bits per heavy atom. The molecule has 0 aliphatic rings. The van der Waals surface area contributed by atoms with Crippen molar-refractivity contribution in [2.45, 2.75) is 26.5 Å². The van der Waals surface area contributed by atoms with Gasteiger partial charge in [-0.1, -0.05) is 41.4 Å². The van der Waals surface area contributed by atoms with Crippen LogP contribution in [0.3, 0.4) is 0 Å². The van der Waals surface area contributed by atoms with Crippen LogP contribution >= 0.6 is 23.2 Å². The molecule has 5 nitrogen and oxygen atoms in total. The molecule has 4 rings (SSSR count). The molecule has 0 saturated heterocycles. The van der Waals surface area contributed by atoms with Crippen molar-refractivity contribution >= 4 is 34.2 Å². The third-order valence-corrected chi connectivity index (χ3v) is 5.84. The molecule has 1 aromatic heterocycles. The third kappa shape index (κ3) is 5.77. The Labute approximate surface area is 201 Å². The maximum absolute atomic E-state index is 14.1. The van der Waals surface area contributed by atoms with E-state index in [1.165, 1.54) is 6.07 Å². The number of aromatic nitrogens is 2. The lowest BCUT2D eigenvalue weighted by molar-refractivity contribution is 0.265. The molecule has 4 aromatic rings. The van der Waals surface area contributed by atoms with E-state index in [9.17, 15) is 4.39 Å². The van der Waals surface area contributed by atoms with Crippen molar-refractivity contribution in [2.75, 3.05) is 13.2 Å². The van der Waals surface area contributed by atoms with Crippen LogP contribution in [0.15, 0.2) is 54.6 Å². The van der Waals surface area contributed by atoms with E-state index < -0.39 is 5.82 Å². The van der Waals surface area contributed by atoms with Crippen LogP contribution in [0, 0.1) is 5.82 Å². The number of hydrogen-bond donors (Lipinski definition) is 2. The fourth-order valence-corrected chi connectivity index (χ4v) is 3.91. The standard InChI is InChI=1S/C25H24Cl2FN3O2/c1-2-32-23-12-16(14-29-11-10-25-30-21-8-3-4-9-22(21)31-25)19(27)13-24(23)33-15-17-18(26)6-5-7-20(17)28/h3-9,12-13,29H,2,10-11,14-15H2,1H3,(H,30,31). The van der Waals surface area contributed by atoms with Gasteiger partial charge in [-0.25, -0.2) is 9.37 Å². The summed E-state index contributed by atoms with van der Waals surface area (Å²) in [6, 6.07) is 16.0. The van der Waals surface area contributed by atoms with Gasteiger partial charge in [0.05, 0.1) is 22.7 Å². The second-order valence-electron chi connectivity index (χ2n) is 7.44. The average molecular weight is 488 g/mol. The summed E-state index contributed by atoms with van der Waals surface area (Å²) >= 11 is 12.6. The fraction of sp³-hybridized carbons (Fsp3) is 0.240. The molecule has 3 aromatic carbocycles. The van der Waals surface area contributed by atoms with Gasteiger partial charge in [0, 0.05) is 36.2 Å². The number of ether oxygens (including phenoxy) is 2. The number of para-hydroxylation sites is 2. The highest BCUT2D eigenvalue weighted by Crippen LogP contribution is 2.35. The van der Waals surface area contributed by atoms with Gasteiger partial charge >= 0.3 is 0 Å². The molecule has 2 N–H and O–H groups in total. The van der Waals surface area contributed by atoms with Crippen LogP contribution in [0.4, 0.5) is 4.39 Å². The zero-order chi connectivity index (χ0) is 23.2.